The maximum atomic E-state index is 12.5. The van der Waals surface area contributed by atoms with E-state index in [1.807, 2.05) is 32.8 Å². The van der Waals surface area contributed by atoms with Crippen LogP contribution in [0.4, 0.5) is 0 Å². The number of amides is 1. The number of phenolic OH excluding ortho intramolecular Hbond substituents is 1. The lowest BCUT2D eigenvalue weighted by molar-refractivity contribution is 0.0679. The molecule has 1 unspecified atom stereocenters. The summed E-state index contributed by atoms with van der Waals surface area (Å²) in [6.07, 6.45) is 0. The van der Waals surface area contributed by atoms with Gasteiger partial charge < -0.3 is 14.9 Å². The summed E-state index contributed by atoms with van der Waals surface area (Å²) in [5, 5.41) is 9.85. The first-order chi connectivity index (χ1) is 8.86. The normalized spacial score (nSPS) is 12.5. The van der Waals surface area contributed by atoms with Crippen molar-refractivity contribution in [3.05, 3.63) is 28.8 Å². The highest BCUT2D eigenvalue weighted by Crippen LogP contribution is 2.23. The number of nitrogens with zero attached hydrogens (tertiary/aromatic N) is 2. The lowest BCUT2D eigenvalue weighted by atomic mass is 10.1. The van der Waals surface area contributed by atoms with Crippen LogP contribution >= 0.6 is 11.6 Å². The van der Waals surface area contributed by atoms with Gasteiger partial charge in [-0.05, 0) is 46.1 Å². The van der Waals surface area contributed by atoms with Gasteiger partial charge in [-0.1, -0.05) is 11.6 Å². The van der Waals surface area contributed by atoms with Crippen molar-refractivity contribution in [1.29, 1.82) is 0 Å². The second kappa shape index (κ2) is 6.78. The van der Waals surface area contributed by atoms with Crippen LogP contribution in [-0.4, -0.2) is 54.0 Å². The molecule has 0 aliphatic heterocycles. The summed E-state index contributed by atoms with van der Waals surface area (Å²) in [5.41, 5.74) is 0.342. The summed E-state index contributed by atoms with van der Waals surface area (Å²) < 4.78 is 0. The van der Waals surface area contributed by atoms with Crippen LogP contribution in [0.5, 0.6) is 5.75 Å². The van der Waals surface area contributed by atoms with Gasteiger partial charge in [0.2, 0.25) is 0 Å². The van der Waals surface area contributed by atoms with Crippen molar-refractivity contribution in [2.45, 2.75) is 19.9 Å². The molecule has 0 saturated heterocycles. The Labute approximate surface area is 119 Å². The van der Waals surface area contributed by atoms with Crippen LogP contribution in [0.1, 0.15) is 24.2 Å². The average Bonchev–Trinajstić information content (AvgIpc) is 2.32. The van der Waals surface area contributed by atoms with Crippen LogP contribution in [0.15, 0.2) is 18.2 Å². The zero-order chi connectivity index (χ0) is 14.6. The molecule has 1 amide bonds. The zero-order valence-electron chi connectivity index (χ0n) is 11.9. The van der Waals surface area contributed by atoms with Crippen LogP contribution in [0.3, 0.4) is 0 Å². The van der Waals surface area contributed by atoms with Crippen LogP contribution in [0.25, 0.3) is 0 Å². The Morgan fingerprint density at radius 3 is 2.58 bits per heavy atom. The molecule has 1 aromatic rings. The number of likely N-dealkylation sites (N-methyl/N-ethyl adjacent to an activating group) is 2. The van der Waals surface area contributed by atoms with E-state index >= 15 is 0 Å². The second-order valence-corrected chi connectivity index (χ2v) is 5.27. The van der Waals surface area contributed by atoms with Gasteiger partial charge >= 0.3 is 0 Å². The molecule has 5 heteroatoms. The fraction of sp³-hybridized carbons (Fsp3) is 0.500. The molecule has 1 rings (SSSR count). The van der Waals surface area contributed by atoms with Crippen LogP contribution in [0.2, 0.25) is 5.02 Å². The van der Waals surface area contributed by atoms with E-state index in [2.05, 4.69) is 0 Å². The fourth-order valence-electron chi connectivity index (χ4n) is 2.11. The molecular formula is C14H21ClN2O2. The molecule has 0 spiro atoms. The number of hydrogen-bond acceptors (Lipinski definition) is 3. The number of halogens is 1. The Balaban J connectivity index is 2.98. The third-order valence-electron chi connectivity index (χ3n) is 2.94. The molecule has 1 N–H and O–H groups in total. The molecule has 0 heterocycles. The predicted molar refractivity (Wildman–Crippen MR) is 77.8 cm³/mol. The number of aromatic hydroxyl groups is 1. The number of rotatable bonds is 5. The van der Waals surface area contributed by atoms with E-state index in [-0.39, 0.29) is 17.7 Å². The van der Waals surface area contributed by atoms with Gasteiger partial charge in [-0.25, -0.2) is 0 Å². The smallest absolute Gasteiger partial charge is 0.255 e. The maximum Gasteiger partial charge on any atom is 0.255 e. The van der Waals surface area contributed by atoms with Crippen molar-refractivity contribution in [1.82, 2.24) is 9.80 Å². The highest BCUT2D eigenvalue weighted by molar-refractivity contribution is 6.33. The molecule has 1 atom stereocenters. The number of hydrogen-bond donors (Lipinski definition) is 1. The van der Waals surface area contributed by atoms with Crippen LogP contribution in [-0.2, 0) is 0 Å². The molecule has 0 aliphatic carbocycles. The largest absolute Gasteiger partial charge is 0.508 e. The molecule has 1 aromatic carbocycles. The van der Waals surface area contributed by atoms with E-state index in [0.29, 0.717) is 17.1 Å². The molecular weight excluding hydrogens is 264 g/mol. The fourth-order valence-corrected chi connectivity index (χ4v) is 2.31. The zero-order valence-corrected chi connectivity index (χ0v) is 12.6. The summed E-state index contributed by atoms with van der Waals surface area (Å²) in [7, 11) is 3.94. The minimum absolute atomic E-state index is 0.0454. The standard InChI is InChI=1S/C14H21ClN2O2/c1-5-17(10(2)9-16(3)4)14(19)12-8-11(18)6-7-13(12)15/h6-8,10,18H,5,9H2,1-4H3. The molecule has 0 aliphatic rings. The van der Waals surface area contributed by atoms with Crippen LogP contribution < -0.4 is 0 Å². The van der Waals surface area contributed by atoms with Crippen molar-refractivity contribution in [3.63, 3.8) is 0 Å². The Bertz CT molecular complexity index is 449. The Kier molecular flexibility index (Phi) is 5.63. The molecule has 106 valence electrons. The Morgan fingerprint density at radius 1 is 1.42 bits per heavy atom. The quantitative estimate of drug-likeness (QED) is 0.903. The van der Waals surface area contributed by atoms with Gasteiger partial charge in [0.25, 0.3) is 5.91 Å². The number of phenols is 1. The van der Waals surface area contributed by atoms with Crippen molar-refractivity contribution >= 4 is 17.5 Å². The minimum atomic E-state index is -0.155. The van der Waals surface area contributed by atoms with Crippen molar-refractivity contribution < 1.29 is 9.90 Å². The Morgan fingerprint density at radius 2 is 2.05 bits per heavy atom. The van der Waals surface area contributed by atoms with E-state index in [9.17, 15) is 9.90 Å². The second-order valence-electron chi connectivity index (χ2n) is 4.87. The van der Waals surface area contributed by atoms with Gasteiger partial charge in [-0.2, -0.15) is 0 Å². The van der Waals surface area contributed by atoms with Gasteiger partial charge in [0.1, 0.15) is 5.75 Å². The van der Waals surface area contributed by atoms with Gasteiger partial charge in [0, 0.05) is 19.1 Å². The van der Waals surface area contributed by atoms with Crippen molar-refractivity contribution in [2.24, 2.45) is 0 Å². The first-order valence-electron chi connectivity index (χ1n) is 6.31. The van der Waals surface area contributed by atoms with Gasteiger partial charge in [0.05, 0.1) is 10.6 Å². The Hall–Kier alpha value is -1.26. The number of carbonyl (C=O) groups is 1. The summed E-state index contributed by atoms with van der Waals surface area (Å²) in [6.45, 7) is 5.30. The van der Waals surface area contributed by atoms with E-state index in [1.165, 1.54) is 18.2 Å². The van der Waals surface area contributed by atoms with E-state index in [0.717, 1.165) is 6.54 Å². The van der Waals surface area contributed by atoms with Gasteiger partial charge in [-0.15, -0.1) is 0 Å². The average molecular weight is 285 g/mol. The SMILES string of the molecule is CCN(C(=O)c1cc(O)ccc1Cl)C(C)CN(C)C. The molecule has 19 heavy (non-hydrogen) atoms. The molecule has 0 bridgehead atoms. The monoisotopic (exact) mass is 284 g/mol. The third-order valence-corrected chi connectivity index (χ3v) is 3.27. The summed E-state index contributed by atoms with van der Waals surface area (Å²) >= 11 is 6.03. The van der Waals surface area contributed by atoms with Gasteiger partial charge in [0.15, 0.2) is 0 Å². The molecule has 0 aromatic heterocycles. The topological polar surface area (TPSA) is 43.8 Å². The number of benzene rings is 1. The highest BCUT2D eigenvalue weighted by atomic mass is 35.5. The predicted octanol–water partition coefficient (Wildman–Crippen LogP) is 2.46. The highest BCUT2D eigenvalue weighted by Gasteiger charge is 2.22. The first kappa shape index (κ1) is 15.8. The summed E-state index contributed by atoms with van der Waals surface area (Å²) in [6, 6.07) is 4.49. The lowest BCUT2D eigenvalue weighted by Crippen LogP contribution is -2.43. The van der Waals surface area contributed by atoms with Gasteiger partial charge in [-0.3, -0.25) is 4.79 Å². The first-order valence-corrected chi connectivity index (χ1v) is 6.68. The minimum Gasteiger partial charge on any atom is -0.508 e. The molecule has 0 radical (unpaired) electrons. The molecule has 0 saturated carbocycles. The number of carbonyl (C=O) groups excluding carboxylic acids is 1. The van der Waals surface area contributed by atoms with Crippen molar-refractivity contribution in [2.75, 3.05) is 27.2 Å². The van der Waals surface area contributed by atoms with E-state index < -0.39 is 0 Å². The van der Waals surface area contributed by atoms with E-state index in [4.69, 9.17) is 11.6 Å². The molecule has 0 fully saturated rings. The van der Waals surface area contributed by atoms with Crippen molar-refractivity contribution in [3.8, 4) is 5.75 Å². The van der Waals surface area contributed by atoms with Crippen LogP contribution in [0, 0.1) is 0 Å². The lowest BCUT2D eigenvalue weighted by Gasteiger charge is -2.30. The van der Waals surface area contributed by atoms with E-state index in [1.54, 1.807) is 4.90 Å². The maximum absolute atomic E-state index is 12.5. The summed E-state index contributed by atoms with van der Waals surface area (Å²) in [4.78, 5) is 16.3. The molecule has 4 nitrogen and oxygen atoms in total. The third kappa shape index (κ3) is 4.11. The summed E-state index contributed by atoms with van der Waals surface area (Å²) in [5.74, 6) is -0.109.